The summed E-state index contributed by atoms with van der Waals surface area (Å²) in [5, 5.41) is 10.2. The molecule has 0 aliphatic heterocycles. The fraction of sp³-hybridized carbons (Fsp3) is 0.300. The molecule has 0 saturated carbocycles. The zero-order chi connectivity index (χ0) is 13.4. The van der Waals surface area contributed by atoms with Crippen LogP contribution in [0.3, 0.4) is 0 Å². The van der Waals surface area contributed by atoms with E-state index in [-0.39, 0.29) is 0 Å². The van der Waals surface area contributed by atoms with Crippen molar-refractivity contribution in [1.82, 2.24) is 0 Å². The Bertz CT molecular complexity index is 450. The number of aliphatic carboxylic acids is 1. The zero-order valence-corrected chi connectivity index (χ0v) is 8.44. The number of carbonyl (C=O) groups is 1. The Morgan fingerprint density at radius 2 is 1.71 bits per heavy atom. The summed E-state index contributed by atoms with van der Waals surface area (Å²) in [6.07, 6.45) is -5.06. The van der Waals surface area contributed by atoms with Gasteiger partial charge in [-0.1, -0.05) is 18.2 Å². The highest BCUT2D eigenvalue weighted by atomic mass is 19.4. The Labute approximate surface area is 92.7 Å². The highest BCUT2D eigenvalue weighted by molar-refractivity contribution is 5.76. The van der Waals surface area contributed by atoms with Gasteiger partial charge < -0.3 is 9.90 Å². The molecule has 1 aromatic carbocycles. The summed E-state index contributed by atoms with van der Waals surface area (Å²) in [6, 6.07) is 2.32. The third-order valence-corrected chi connectivity index (χ3v) is 2.15. The lowest BCUT2D eigenvalue weighted by molar-refractivity contribution is -0.331. The van der Waals surface area contributed by atoms with Crippen molar-refractivity contribution in [2.45, 2.75) is 19.0 Å². The molecule has 0 amide bonds. The van der Waals surface area contributed by atoms with E-state index in [2.05, 4.69) is 0 Å². The van der Waals surface area contributed by atoms with Gasteiger partial charge in [0.2, 0.25) is 0 Å². The molecular formula is C10H6F5O2-. The summed E-state index contributed by atoms with van der Waals surface area (Å²) in [6.45, 7) is 0.970. The minimum atomic E-state index is -5.06. The third-order valence-electron chi connectivity index (χ3n) is 2.15. The summed E-state index contributed by atoms with van der Waals surface area (Å²) in [5.41, 5.74) is -3.73. The SMILES string of the molecule is Cc1cccc(C(F)(F)C(=O)[O-])c1C(F)(F)F. The smallest absolute Gasteiger partial charge is 0.417 e. The molecule has 0 spiro atoms. The predicted molar refractivity (Wildman–Crippen MR) is 45.1 cm³/mol. The molecule has 17 heavy (non-hydrogen) atoms. The molecule has 0 heterocycles. The summed E-state index contributed by atoms with van der Waals surface area (Å²) < 4.78 is 63.8. The predicted octanol–water partition coefficient (Wildman–Crippen LogP) is 1.86. The first-order valence-corrected chi connectivity index (χ1v) is 4.35. The van der Waals surface area contributed by atoms with Crippen LogP contribution in [0.2, 0.25) is 0 Å². The van der Waals surface area contributed by atoms with E-state index in [0.29, 0.717) is 6.07 Å². The first-order valence-electron chi connectivity index (χ1n) is 4.35. The quantitative estimate of drug-likeness (QED) is 0.755. The van der Waals surface area contributed by atoms with Gasteiger partial charge in [-0.25, -0.2) is 0 Å². The lowest BCUT2D eigenvalue weighted by Crippen LogP contribution is -2.40. The highest BCUT2D eigenvalue weighted by Gasteiger charge is 2.44. The van der Waals surface area contributed by atoms with Crippen LogP contribution < -0.4 is 5.11 Å². The molecule has 2 nitrogen and oxygen atoms in total. The van der Waals surface area contributed by atoms with Gasteiger partial charge in [0.05, 0.1) is 5.56 Å². The number of halogens is 5. The molecular weight excluding hydrogens is 247 g/mol. The average Bonchev–Trinajstić information content (AvgIpc) is 2.14. The number of carboxylic acids is 1. The molecule has 1 aromatic rings. The monoisotopic (exact) mass is 253 g/mol. The molecule has 0 aromatic heterocycles. The van der Waals surface area contributed by atoms with Gasteiger partial charge in [-0.3, -0.25) is 0 Å². The van der Waals surface area contributed by atoms with Gasteiger partial charge in [-0.05, 0) is 12.5 Å². The van der Waals surface area contributed by atoms with Crippen molar-refractivity contribution in [2.75, 3.05) is 0 Å². The number of hydrogen-bond acceptors (Lipinski definition) is 2. The van der Waals surface area contributed by atoms with E-state index in [1.165, 1.54) is 0 Å². The summed E-state index contributed by atoms with van der Waals surface area (Å²) in [7, 11) is 0. The summed E-state index contributed by atoms with van der Waals surface area (Å²) in [5.74, 6) is -7.55. The van der Waals surface area contributed by atoms with Crippen LogP contribution in [-0.4, -0.2) is 5.97 Å². The van der Waals surface area contributed by atoms with E-state index in [4.69, 9.17) is 0 Å². The van der Waals surface area contributed by atoms with Crippen LogP contribution in [-0.2, 0) is 16.9 Å². The van der Waals surface area contributed by atoms with Crippen molar-refractivity contribution in [1.29, 1.82) is 0 Å². The van der Waals surface area contributed by atoms with Gasteiger partial charge in [-0.2, -0.15) is 22.0 Å². The van der Waals surface area contributed by atoms with Crippen LogP contribution in [0.5, 0.6) is 0 Å². The van der Waals surface area contributed by atoms with Gasteiger partial charge in [0, 0.05) is 5.56 Å². The number of aryl methyl sites for hydroxylation is 1. The first-order chi connectivity index (χ1) is 7.58. The van der Waals surface area contributed by atoms with E-state index in [0.717, 1.165) is 19.1 Å². The van der Waals surface area contributed by atoms with Gasteiger partial charge >= 0.3 is 12.1 Å². The topological polar surface area (TPSA) is 40.1 Å². The van der Waals surface area contributed by atoms with Crippen LogP contribution >= 0.6 is 0 Å². The number of carboxylic acid groups (broad SMARTS) is 1. The first kappa shape index (κ1) is 13.4. The zero-order valence-electron chi connectivity index (χ0n) is 8.44. The number of alkyl halides is 5. The maximum Gasteiger partial charge on any atom is 0.417 e. The average molecular weight is 253 g/mol. The van der Waals surface area contributed by atoms with Gasteiger partial charge in [0.1, 0.15) is 5.97 Å². The number of benzene rings is 1. The Balaban J connectivity index is 3.56. The van der Waals surface area contributed by atoms with Crippen LogP contribution in [0.4, 0.5) is 22.0 Å². The van der Waals surface area contributed by atoms with Gasteiger partial charge in [0.25, 0.3) is 0 Å². The molecule has 0 N–H and O–H groups in total. The maximum absolute atomic E-state index is 13.1. The number of carbonyl (C=O) groups excluding carboxylic acids is 1. The van der Waals surface area contributed by atoms with E-state index in [1.54, 1.807) is 0 Å². The van der Waals surface area contributed by atoms with Crippen LogP contribution in [0, 0.1) is 6.92 Å². The van der Waals surface area contributed by atoms with Crippen molar-refractivity contribution < 1.29 is 31.9 Å². The molecule has 0 aliphatic carbocycles. The number of hydrogen-bond donors (Lipinski definition) is 0. The Morgan fingerprint density at radius 1 is 1.18 bits per heavy atom. The second-order valence-electron chi connectivity index (χ2n) is 3.36. The van der Waals surface area contributed by atoms with Crippen LogP contribution in [0.15, 0.2) is 18.2 Å². The highest BCUT2D eigenvalue weighted by Crippen LogP contribution is 2.40. The second kappa shape index (κ2) is 3.97. The molecule has 0 bridgehead atoms. The van der Waals surface area contributed by atoms with Crippen LogP contribution in [0.25, 0.3) is 0 Å². The van der Waals surface area contributed by atoms with Crippen molar-refractivity contribution >= 4 is 5.97 Å². The molecule has 94 valence electrons. The molecule has 0 radical (unpaired) electrons. The van der Waals surface area contributed by atoms with E-state index in [1.807, 2.05) is 0 Å². The number of rotatable bonds is 2. The standard InChI is InChI=1S/C10H7F5O2/c1-5-3-2-4-6(7(5)10(13,14)15)9(11,12)8(16)17/h2-4H,1H3,(H,16,17)/p-1. The van der Waals surface area contributed by atoms with Crippen molar-refractivity contribution in [2.24, 2.45) is 0 Å². The maximum atomic E-state index is 13.1. The molecule has 0 aliphatic rings. The lowest BCUT2D eigenvalue weighted by atomic mass is 9.97. The van der Waals surface area contributed by atoms with Crippen molar-refractivity contribution in [3.63, 3.8) is 0 Å². The summed E-state index contributed by atoms with van der Waals surface area (Å²) >= 11 is 0. The lowest BCUT2D eigenvalue weighted by Gasteiger charge is -2.23. The van der Waals surface area contributed by atoms with Crippen molar-refractivity contribution in [3.8, 4) is 0 Å². The molecule has 1 rings (SSSR count). The van der Waals surface area contributed by atoms with E-state index in [9.17, 15) is 31.9 Å². The Hall–Kier alpha value is -1.66. The molecule has 0 unspecified atom stereocenters. The van der Waals surface area contributed by atoms with E-state index >= 15 is 0 Å². The Kier molecular flexibility index (Phi) is 3.13. The molecule has 0 saturated heterocycles. The van der Waals surface area contributed by atoms with Crippen molar-refractivity contribution in [3.05, 3.63) is 34.9 Å². The van der Waals surface area contributed by atoms with E-state index < -0.39 is 34.8 Å². The fourth-order valence-corrected chi connectivity index (χ4v) is 1.42. The summed E-state index contributed by atoms with van der Waals surface area (Å²) in [4.78, 5) is 10.2. The minimum absolute atomic E-state index is 0.422. The largest absolute Gasteiger partial charge is 0.544 e. The molecule has 0 atom stereocenters. The second-order valence-corrected chi connectivity index (χ2v) is 3.36. The fourth-order valence-electron chi connectivity index (χ4n) is 1.42. The molecule has 7 heteroatoms. The molecule has 0 fully saturated rings. The Morgan fingerprint density at radius 3 is 2.12 bits per heavy atom. The van der Waals surface area contributed by atoms with Gasteiger partial charge in [0.15, 0.2) is 0 Å². The third kappa shape index (κ3) is 2.37. The van der Waals surface area contributed by atoms with Gasteiger partial charge in [-0.15, -0.1) is 0 Å². The normalized spacial score (nSPS) is 12.6. The van der Waals surface area contributed by atoms with Crippen LogP contribution in [0.1, 0.15) is 16.7 Å². The minimum Gasteiger partial charge on any atom is -0.544 e.